The summed E-state index contributed by atoms with van der Waals surface area (Å²) in [5, 5.41) is 0. The fourth-order valence-corrected chi connectivity index (χ4v) is 2.94. The van der Waals surface area contributed by atoms with E-state index in [1.54, 1.807) is 12.1 Å². The van der Waals surface area contributed by atoms with Gasteiger partial charge in [-0.3, -0.25) is 5.84 Å². The zero-order chi connectivity index (χ0) is 14.9. The fourth-order valence-electron chi connectivity index (χ4n) is 1.80. The number of rotatable bonds is 3. The molecule has 2 nitrogen and oxygen atoms in total. The molecule has 20 heavy (non-hydrogen) atoms. The molecule has 1 aromatic carbocycles. The van der Waals surface area contributed by atoms with Gasteiger partial charge in [0.05, 0.1) is 15.9 Å². The summed E-state index contributed by atoms with van der Waals surface area (Å²) in [5.41, 5.74) is 0.811. The Bertz CT molecular complexity index is 612. The molecule has 3 N–H and O–H groups in total. The van der Waals surface area contributed by atoms with Crippen molar-refractivity contribution in [3.05, 3.63) is 56.5 Å². The van der Waals surface area contributed by atoms with Crippen LogP contribution in [0.15, 0.2) is 30.3 Å². The maximum absolute atomic E-state index is 14.1. The Kier molecular flexibility index (Phi) is 4.33. The molecule has 0 bridgehead atoms. The average molecular weight is 325 g/mol. The summed E-state index contributed by atoms with van der Waals surface area (Å²) >= 11 is 6.88. The number of hydrogen-bond donors (Lipinski definition) is 2. The second-order valence-corrected chi connectivity index (χ2v) is 5.69. The predicted octanol–water partition coefficient (Wildman–Crippen LogP) is 4.11. The molecule has 1 atom stereocenters. The van der Waals surface area contributed by atoms with Gasteiger partial charge in [-0.15, -0.1) is 11.3 Å². The molecule has 8 heteroatoms. The van der Waals surface area contributed by atoms with Gasteiger partial charge in [0.25, 0.3) is 0 Å². The van der Waals surface area contributed by atoms with E-state index in [9.17, 15) is 17.6 Å². The maximum atomic E-state index is 14.1. The summed E-state index contributed by atoms with van der Waals surface area (Å²) in [4.78, 5) is 0.524. The van der Waals surface area contributed by atoms with Gasteiger partial charge < -0.3 is 0 Å². The van der Waals surface area contributed by atoms with E-state index in [-0.39, 0.29) is 5.56 Å². The quantitative estimate of drug-likeness (QED) is 0.506. The molecule has 2 aromatic rings. The SMILES string of the molecule is NNC(c1ccc(Cl)s1)c1cccc(C(F)(F)F)c1F. The number of alkyl halides is 3. The van der Waals surface area contributed by atoms with Crippen LogP contribution >= 0.6 is 22.9 Å². The van der Waals surface area contributed by atoms with E-state index in [0.717, 1.165) is 17.4 Å². The number of benzene rings is 1. The Morgan fingerprint density at radius 1 is 1.20 bits per heavy atom. The zero-order valence-electron chi connectivity index (χ0n) is 9.84. The highest BCUT2D eigenvalue weighted by molar-refractivity contribution is 7.16. The first-order valence-corrected chi connectivity index (χ1v) is 6.61. The molecule has 0 saturated heterocycles. The third-order valence-corrected chi connectivity index (χ3v) is 3.99. The Morgan fingerprint density at radius 3 is 2.40 bits per heavy atom. The van der Waals surface area contributed by atoms with Gasteiger partial charge in [-0.25, -0.2) is 9.82 Å². The molecule has 2 rings (SSSR count). The van der Waals surface area contributed by atoms with Crippen LogP contribution in [0.4, 0.5) is 17.6 Å². The number of nitrogens with one attached hydrogen (secondary N) is 1. The molecule has 0 amide bonds. The van der Waals surface area contributed by atoms with Gasteiger partial charge in [0, 0.05) is 10.4 Å². The number of nitrogens with two attached hydrogens (primary N) is 1. The molecular weight excluding hydrogens is 316 g/mol. The summed E-state index contributed by atoms with van der Waals surface area (Å²) in [6.07, 6.45) is -4.76. The number of thiophene rings is 1. The summed E-state index contributed by atoms with van der Waals surface area (Å²) in [6.45, 7) is 0. The molecule has 1 heterocycles. The van der Waals surface area contributed by atoms with E-state index < -0.39 is 23.6 Å². The molecule has 1 aromatic heterocycles. The topological polar surface area (TPSA) is 38.0 Å². The van der Waals surface area contributed by atoms with Gasteiger partial charge in [-0.05, 0) is 18.2 Å². The first-order valence-electron chi connectivity index (χ1n) is 5.41. The lowest BCUT2D eigenvalue weighted by Crippen LogP contribution is -2.29. The van der Waals surface area contributed by atoms with Crippen molar-refractivity contribution in [3.8, 4) is 0 Å². The highest BCUT2D eigenvalue weighted by atomic mass is 35.5. The summed E-state index contributed by atoms with van der Waals surface area (Å²) in [7, 11) is 0. The molecule has 0 aliphatic heterocycles. The molecule has 0 fully saturated rings. The Morgan fingerprint density at radius 2 is 1.90 bits per heavy atom. The van der Waals surface area contributed by atoms with Crippen molar-refractivity contribution in [3.63, 3.8) is 0 Å². The lowest BCUT2D eigenvalue weighted by molar-refractivity contribution is -0.140. The monoisotopic (exact) mass is 324 g/mol. The van der Waals surface area contributed by atoms with E-state index in [4.69, 9.17) is 17.4 Å². The Labute approximate surface area is 121 Å². The second kappa shape index (κ2) is 5.69. The van der Waals surface area contributed by atoms with E-state index in [1.807, 2.05) is 0 Å². The van der Waals surface area contributed by atoms with Crippen LogP contribution in [0.5, 0.6) is 0 Å². The van der Waals surface area contributed by atoms with E-state index in [0.29, 0.717) is 15.3 Å². The van der Waals surface area contributed by atoms with E-state index in [2.05, 4.69) is 5.43 Å². The van der Waals surface area contributed by atoms with E-state index in [1.165, 1.54) is 6.07 Å². The molecule has 0 aliphatic carbocycles. The highest BCUT2D eigenvalue weighted by Crippen LogP contribution is 2.37. The van der Waals surface area contributed by atoms with Crippen molar-refractivity contribution in [1.29, 1.82) is 0 Å². The molecular formula is C12H9ClF4N2S. The molecule has 1 unspecified atom stereocenters. The van der Waals surface area contributed by atoms with Crippen LogP contribution in [0, 0.1) is 5.82 Å². The largest absolute Gasteiger partial charge is 0.419 e. The third kappa shape index (κ3) is 2.95. The Hall–Kier alpha value is -1.15. The van der Waals surface area contributed by atoms with Gasteiger partial charge in [0.15, 0.2) is 0 Å². The number of hydrazine groups is 1. The van der Waals surface area contributed by atoms with Crippen LogP contribution in [-0.4, -0.2) is 0 Å². The summed E-state index contributed by atoms with van der Waals surface area (Å²) in [5.74, 6) is 4.00. The standard InChI is InChI=1S/C12H9ClF4N2S/c13-9-5-4-8(20-9)11(19-18)6-2-1-3-7(10(6)14)12(15,16)17/h1-5,11,19H,18H2. The van der Waals surface area contributed by atoms with Crippen molar-refractivity contribution < 1.29 is 17.6 Å². The van der Waals surface area contributed by atoms with Crippen molar-refractivity contribution in [2.24, 2.45) is 5.84 Å². The lowest BCUT2D eigenvalue weighted by Gasteiger charge is -2.18. The minimum absolute atomic E-state index is 0.180. The van der Waals surface area contributed by atoms with Crippen LogP contribution in [0.3, 0.4) is 0 Å². The fraction of sp³-hybridized carbons (Fsp3) is 0.167. The van der Waals surface area contributed by atoms with Gasteiger partial charge in [-0.2, -0.15) is 13.2 Å². The predicted molar refractivity (Wildman–Crippen MR) is 69.9 cm³/mol. The van der Waals surface area contributed by atoms with Crippen molar-refractivity contribution in [2.45, 2.75) is 12.2 Å². The normalized spacial score (nSPS) is 13.5. The lowest BCUT2D eigenvalue weighted by atomic mass is 10.0. The van der Waals surface area contributed by atoms with Crippen LogP contribution in [0.2, 0.25) is 4.34 Å². The minimum atomic E-state index is -4.76. The third-order valence-electron chi connectivity index (χ3n) is 2.69. The number of hydrogen-bond acceptors (Lipinski definition) is 3. The molecule has 0 aliphatic rings. The highest BCUT2D eigenvalue weighted by Gasteiger charge is 2.36. The number of halogens is 5. The van der Waals surface area contributed by atoms with Gasteiger partial charge >= 0.3 is 6.18 Å². The zero-order valence-corrected chi connectivity index (χ0v) is 11.4. The van der Waals surface area contributed by atoms with Gasteiger partial charge in [0.2, 0.25) is 0 Å². The maximum Gasteiger partial charge on any atom is 0.419 e. The molecule has 0 radical (unpaired) electrons. The van der Waals surface area contributed by atoms with Crippen molar-refractivity contribution >= 4 is 22.9 Å². The van der Waals surface area contributed by atoms with Crippen LogP contribution in [-0.2, 0) is 6.18 Å². The first-order chi connectivity index (χ1) is 9.34. The van der Waals surface area contributed by atoms with Crippen molar-refractivity contribution in [2.75, 3.05) is 0 Å². The van der Waals surface area contributed by atoms with E-state index >= 15 is 0 Å². The van der Waals surface area contributed by atoms with Crippen LogP contribution < -0.4 is 11.3 Å². The van der Waals surface area contributed by atoms with Crippen LogP contribution in [0.1, 0.15) is 22.0 Å². The minimum Gasteiger partial charge on any atom is -0.271 e. The molecule has 0 saturated carbocycles. The summed E-state index contributed by atoms with van der Waals surface area (Å²) < 4.78 is 52.6. The molecule has 0 spiro atoms. The second-order valence-electron chi connectivity index (χ2n) is 3.95. The van der Waals surface area contributed by atoms with Gasteiger partial charge in [-0.1, -0.05) is 23.7 Å². The smallest absolute Gasteiger partial charge is 0.271 e. The van der Waals surface area contributed by atoms with Crippen molar-refractivity contribution in [1.82, 2.24) is 5.43 Å². The summed E-state index contributed by atoms with van der Waals surface area (Å²) in [6, 6.07) is 5.33. The average Bonchev–Trinajstić information content (AvgIpc) is 2.77. The van der Waals surface area contributed by atoms with Crippen LogP contribution in [0.25, 0.3) is 0 Å². The van der Waals surface area contributed by atoms with Gasteiger partial charge in [0.1, 0.15) is 5.82 Å². The first kappa shape index (κ1) is 15.2. The Balaban J connectivity index is 2.51. The molecule has 108 valence electrons.